The van der Waals surface area contributed by atoms with Crippen molar-refractivity contribution in [2.75, 3.05) is 5.32 Å². The van der Waals surface area contributed by atoms with Gasteiger partial charge in [-0.15, -0.1) is 11.3 Å². The Labute approximate surface area is 155 Å². The van der Waals surface area contributed by atoms with Gasteiger partial charge in [0, 0.05) is 18.5 Å². The first-order valence-electron chi connectivity index (χ1n) is 8.23. The van der Waals surface area contributed by atoms with Crippen LogP contribution < -0.4 is 5.32 Å². The summed E-state index contributed by atoms with van der Waals surface area (Å²) in [5, 5.41) is 9.32. The number of nitrogens with one attached hydrogen (secondary N) is 1. The van der Waals surface area contributed by atoms with Crippen molar-refractivity contribution in [2.45, 2.75) is 19.9 Å². The number of hydrogen-bond acceptors (Lipinski definition) is 7. The molecule has 1 unspecified atom stereocenters. The predicted molar refractivity (Wildman–Crippen MR) is 102 cm³/mol. The van der Waals surface area contributed by atoms with E-state index < -0.39 is 0 Å². The number of hydrogen-bond donors (Lipinski definition) is 1. The Morgan fingerprint density at radius 2 is 2.08 bits per heavy atom. The smallest absolute Gasteiger partial charge is 0.223 e. The maximum atomic E-state index is 5.42. The Balaban J connectivity index is 1.71. The van der Waals surface area contributed by atoms with Crippen LogP contribution in [-0.4, -0.2) is 20.1 Å². The molecule has 130 valence electrons. The van der Waals surface area contributed by atoms with Crippen molar-refractivity contribution in [3.63, 3.8) is 0 Å². The standard InChI is InChI=1S/C19H17N5OS/c1-12-10-16(25-24-12)14-11-21-19(23-18(14)17-7-5-9-26-17)22-13(2)15-6-3-4-8-20-15/h3-11,13H,1-2H3,(H,21,22,23). The minimum Gasteiger partial charge on any atom is -0.356 e. The Morgan fingerprint density at radius 3 is 2.77 bits per heavy atom. The van der Waals surface area contributed by atoms with Gasteiger partial charge in [0.05, 0.1) is 33.6 Å². The normalized spacial score (nSPS) is 12.1. The van der Waals surface area contributed by atoms with Crippen LogP contribution in [0.25, 0.3) is 21.9 Å². The lowest BCUT2D eigenvalue weighted by molar-refractivity contribution is 0.427. The van der Waals surface area contributed by atoms with Crippen LogP contribution in [0.4, 0.5) is 5.95 Å². The maximum absolute atomic E-state index is 5.42. The fourth-order valence-corrected chi connectivity index (χ4v) is 3.35. The quantitative estimate of drug-likeness (QED) is 0.552. The first-order chi connectivity index (χ1) is 12.7. The van der Waals surface area contributed by atoms with E-state index >= 15 is 0 Å². The fraction of sp³-hybridized carbons (Fsp3) is 0.158. The van der Waals surface area contributed by atoms with Crippen molar-refractivity contribution in [3.8, 4) is 21.9 Å². The molecule has 26 heavy (non-hydrogen) atoms. The second-order valence-electron chi connectivity index (χ2n) is 5.89. The third-order valence-electron chi connectivity index (χ3n) is 3.91. The lowest BCUT2D eigenvalue weighted by Gasteiger charge is -2.14. The molecule has 0 aliphatic rings. The van der Waals surface area contributed by atoms with Gasteiger partial charge in [0.2, 0.25) is 5.95 Å². The molecule has 4 heterocycles. The zero-order valence-corrected chi connectivity index (χ0v) is 15.2. The Kier molecular flexibility index (Phi) is 4.45. The van der Waals surface area contributed by atoms with Gasteiger partial charge in [0.25, 0.3) is 0 Å². The fourth-order valence-electron chi connectivity index (χ4n) is 2.62. The summed E-state index contributed by atoms with van der Waals surface area (Å²) in [4.78, 5) is 14.6. The summed E-state index contributed by atoms with van der Waals surface area (Å²) in [5.74, 6) is 1.21. The molecule has 4 aromatic heterocycles. The lowest BCUT2D eigenvalue weighted by Crippen LogP contribution is -2.11. The Hall–Kier alpha value is -3.06. The van der Waals surface area contributed by atoms with E-state index in [1.165, 1.54) is 0 Å². The molecule has 0 saturated heterocycles. The van der Waals surface area contributed by atoms with Gasteiger partial charge in [-0.25, -0.2) is 9.97 Å². The number of pyridine rings is 1. The van der Waals surface area contributed by atoms with Gasteiger partial charge in [0.1, 0.15) is 0 Å². The number of aryl methyl sites for hydroxylation is 1. The van der Waals surface area contributed by atoms with Crippen molar-refractivity contribution in [1.29, 1.82) is 0 Å². The van der Waals surface area contributed by atoms with Crippen LogP contribution in [0.1, 0.15) is 24.4 Å². The zero-order valence-electron chi connectivity index (χ0n) is 14.4. The van der Waals surface area contributed by atoms with Crippen molar-refractivity contribution in [2.24, 2.45) is 0 Å². The third-order valence-corrected chi connectivity index (χ3v) is 4.79. The summed E-state index contributed by atoms with van der Waals surface area (Å²) in [5.41, 5.74) is 3.40. The van der Waals surface area contributed by atoms with Crippen LogP contribution >= 0.6 is 11.3 Å². The number of rotatable bonds is 5. The third kappa shape index (κ3) is 3.34. The number of thiophene rings is 1. The molecule has 4 aromatic rings. The minimum absolute atomic E-state index is 0.00856. The summed E-state index contributed by atoms with van der Waals surface area (Å²) >= 11 is 1.62. The molecule has 0 spiro atoms. The van der Waals surface area contributed by atoms with Crippen molar-refractivity contribution in [1.82, 2.24) is 20.1 Å². The highest BCUT2D eigenvalue weighted by molar-refractivity contribution is 7.13. The van der Waals surface area contributed by atoms with E-state index in [4.69, 9.17) is 9.51 Å². The van der Waals surface area contributed by atoms with Crippen molar-refractivity contribution in [3.05, 3.63) is 65.6 Å². The average molecular weight is 363 g/mol. The molecule has 0 radical (unpaired) electrons. The topological polar surface area (TPSA) is 76.7 Å². The van der Waals surface area contributed by atoms with Gasteiger partial charge < -0.3 is 9.84 Å². The Bertz CT molecular complexity index is 998. The highest BCUT2D eigenvalue weighted by Gasteiger charge is 2.17. The van der Waals surface area contributed by atoms with Gasteiger partial charge in [-0.2, -0.15) is 0 Å². The second kappa shape index (κ2) is 7.05. The molecular formula is C19H17N5OS. The van der Waals surface area contributed by atoms with E-state index in [-0.39, 0.29) is 6.04 Å². The second-order valence-corrected chi connectivity index (χ2v) is 6.83. The highest BCUT2D eigenvalue weighted by Crippen LogP contribution is 2.34. The molecule has 0 aliphatic heterocycles. The molecule has 0 amide bonds. The molecule has 0 fully saturated rings. The van der Waals surface area contributed by atoms with Crippen molar-refractivity contribution >= 4 is 17.3 Å². The van der Waals surface area contributed by atoms with E-state index in [0.29, 0.717) is 11.7 Å². The lowest BCUT2D eigenvalue weighted by atomic mass is 10.1. The zero-order chi connectivity index (χ0) is 17.9. The van der Waals surface area contributed by atoms with Crippen molar-refractivity contribution < 1.29 is 4.52 Å². The van der Waals surface area contributed by atoms with E-state index in [1.54, 1.807) is 23.7 Å². The molecule has 0 bridgehead atoms. The number of aromatic nitrogens is 4. The molecule has 1 atom stereocenters. The van der Waals surface area contributed by atoms with E-state index in [2.05, 4.69) is 20.4 Å². The van der Waals surface area contributed by atoms with Crippen LogP contribution in [0, 0.1) is 6.92 Å². The first kappa shape index (κ1) is 16.4. The van der Waals surface area contributed by atoms with Gasteiger partial charge >= 0.3 is 0 Å². The van der Waals surface area contributed by atoms with E-state index in [1.807, 2.05) is 55.6 Å². The van der Waals surface area contributed by atoms with E-state index in [0.717, 1.165) is 27.5 Å². The predicted octanol–water partition coefficient (Wildman–Crippen LogP) is 4.74. The molecule has 1 N–H and O–H groups in total. The average Bonchev–Trinajstić information content (AvgIpc) is 3.34. The summed E-state index contributed by atoms with van der Waals surface area (Å²) < 4.78 is 5.42. The highest BCUT2D eigenvalue weighted by atomic mass is 32.1. The van der Waals surface area contributed by atoms with Gasteiger partial charge in [0.15, 0.2) is 5.76 Å². The number of anilines is 1. The van der Waals surface area contributed by atoms with E-state index in [9.17, 15) is 0 Å². The van der Waals surface area contributed by atoms with Gasteiger partial charge in [-0.1, -0.05) is 17.3 Å². The molecule has 7 heteroatoms. The maximum Gasteiger partial charge on any atom is 0.223 e. The monoisotopic (exact) mass is 363 g/mol. The number of nitrogens with zero attached hydrogens (tertiary/aromatic N) is 4. The molecule has 6 nitrogen and oxygen atoms in total. The van der Waals surface area contributed by atoms with Crippen LogP contribution in [0.5, 0.6) is 0 Å². The molecule has 0 saturated carbocycles. The van der Waals surface area contributed by atoms with Crippen LogP contribution in [0.15, 0.2) is 58.7 Å². The summed E-state index contributed by atoms with van der Waals surface area (Å²) in [6.45, 7) is 3.92. The molecular weight excluding hydrogens is 346 g/mol. The van der Waals surface area contributed by atoms with Crippen LogP contribution in [0.2, 0.25) is 0 Å². The minimum atomic E-state index is -0.00856. The largest absolute Gasteiger partial charge is 0.356 e. The SMILES string of the molecule is Cc1cc(-c2cnc(NC(C)c3ccccn3)nc2-c2cccs2)on1. The van der Waals surface area contributed by atoms with Gasteiger partial charge in [-0.05, 0) is 37.4 Å². The molecule has 4 rings (SSSR count). The van der Waals surface area contributed by atoms with Gasteiger partial charge in [-0.3, -0.25) is 4.98 Å². The van der Waals surface area contributed by atoms with Crippen LogP contribution in [-0.2, 0) is 0 Å². The summed E-state index contributed by atoms with van der Waals surface area (Å²) in [7, 11) is 0. The molecule has 0 aliphatic carbocycles. The summed E-state index contributed by atoms with van der Waals surface area (Å²) in [6.07, 6.45) is 3.55. The molecule has 0 aromatic carbocycles. The first-order valence-corrected chi connectivity index (χ1v) is 9.11. The van der Waals surface area contributed by atoms with Crippen LogP contribution in [0.3, 0.4) is 0 Å². The summed E-state index contributed by atoms with van der Waals surface area (Å²) in [6, 6.07) is 11.8. The Morgan fingerprint density at radius 1 is 1.15 bits per heavy atom.